The average Bonchev–Trinajstić information content (AvgIpc) is 3.27. The summed E-state index contributed by atoms with van der Waals surface area (Å²) >= 11 is 1.45. The summed E-state index contributed by atoms with van der Waals surface area (Å²) in [5.41, 5.74) is -1.05. The Balaban J connectivity index is 1.01. The Labute approximate surface area is 216 Å². The number of benzene rings is 2. The standard InChI is InChI=1S/C26H27F3N4O3S/c27-26(28,29)17-5-3-4-16(12-17)24(35)30-13-23(34)31-18-14-33(15-18)19-8-10-20(11-9-19)36-25-21-6-1-2-7-22(21)37-32-25/h1-7,12,18-20H,8-11,13-15H2,(H,30,35)(H,31,34). The van der Waals surface area contributed by atoms with Gasteiger partial charge in [-0.05, 0) is 67.5 Å². The third kappa shape index (κ3) is 6.04. The third-order valence-corrected chi connectivity index (χ3v) is 7.73. The van der Waals surface area contributed by atoms with Gasteiger partial charge >= 0.3 is 6.18 Å². The normalized spacial score (nSPS) is 20.8. The molecule has 196 valence electrons. The van der Waals surface area contributed by atoms with Crippen molar-refractivity contribution in [2.24, 2.45) is 0 Å². The van der Waals surface area contributed by atoms with E-state index in [1.807, 2.05) is 24.3 Å². The first kappa shape index (κ1) is 25.5. The fourth-order valence-electron chi connectivity index (χ4n) is 4.91. The number of halogens is 3. The molecule has 11 heteroatoms. The van der Waals surface area contributed by atoms with Gasteiger partial charge in [0, 0.05) is 24.7 Å². The lowest BCUT2D eigenvalue weighted by molar-refractivity contribution is -0.137. The van der Waals surface area contributed by atoms with Gasteiger partial charge in [0.25, 0.3) is 5.91 Å². The first-order valence-corrected chi connectivity index (χ1v) is 13.0. The number of ether oxygens (including phenoxy) is 1. The van der Waals surface area contributed by atoms with E-state index in [4.69, 9.17) is 4.74 Å². The number of rotatable bonds is 7. The zero-order valence-corrected chi connectivity index (χ0v) is 20.8. The van der Waals surface area contributed by atoms with Crippen LogP contribution in [0.25, 0.3) is 10.1 Å². The molecule has 2 amide bonds. The van der Waals surface area contributed by atoms with Crippen LogP contribution in [0.3, 0.4) is 0 Å². The van der Waals surface area contributed by atoms with Crippen LogP contribution >= 0.6 is 11.5 Å². The second-order valence-corrected chi connectivity index (χ2v) is 10.3. The maximum absolute atomic E-state index is 12.8. The van der Waals surface area contributed by atoms with E-state index in [0.717, 1.165) is 66.9 Å². The van der Waals surface area contributed by atoms with Crippen molar-refractivity contribution in [2.75, 3.05) is 19.6 Å². The van der Waals surface area contributed by atoms with Gasteiger partial charge in [-0.15, -0.1) is 0 Å². The molecule has 1 saturated carbocycles. The Bertz CT molecular complexity index is 1270. The molecular formula is C26H27F3N4O3S. The van der Waals surface area contributed by atoms with Crippen LogP contribution < -0.4 is 15.4 Å². The van der Waals surface area contributed by atoms with Crippen molar-refractivity contribution >= 4 is 33.4 Å². The number of hydrogen-bond donors (Lipinski definition) is 2. The van der Waals surface area contributed by atoms with Gasteiger partial charge in [0.1, 0.15) is 6.10 Å². The molecule has 3 aromatic rings. The number of alkyl halides is 3. The number of carbonyl (C=O) groups is 2. The summed E-state index contributed by atoms with van der Waals surface area (Å²) < 4.78 is 50.3. The Hall–Kier alpha value is -3.18. The molecule has 0 radical (unpaired) electrons. The van der Waals surface area contributed by atoms with E-state index in [2.05, 4.69) is 19.9 Å². The van der Waals surface area contributed by atoms with Crippen LogP contribution in [0.15, 0.2) is 48.5 Å². The number of fused-ring (bicyclic) bond motifs is 1. The van der Waals surface area contributed by atoms with Gasteiger partial charge in [-0.3, -0.25) is 14.5 Å². The van der Waals surface area contributed by atoms with Gasteiger partial charge in [0.2, 0.25) is 11.8 Å². The minimum absolute atomic E-state index is 0.00620. The predicted octanol–water partition coefficient (Wildman–Crippen LogP) is 4.24. The highest BCUT2D eigenvalue weighted by Crippen LogP contribution is 2.33. The smallest absolute Gasteiger partial charge is 0.416 e. The Kier molecular flexibility index (Phi) is 7.34. The number of hydrogen-bond acceptors (Lipinski definition) is 6. The van der Waals surface area contributed by atoms with Crippen molar-refractivity contribution in [3.05, 3.63) is 59.7 Å². The molecule has 1 aromatic heterocycles. The van der Waals surface area contributed by atoms with Gasteiger partial charge in [0.15, 0.2) is 0 Å². The molecule has 2 aromatic carbocycles. The Morgan fingerprint density at radius 1 is 1.05 bits per heavy atom. The van der Waals surface area contributed by atoms with E-state index < -0.39 is 17.6 Å². The van der Waals surface area contributed by atoms with E-state index in [1.54, 1.807) is 0 Å². The molecule has 5 rings (SSSR count). The molecule has 0 spiro atoms. The van der Waals surface area contributed by atoms with Gasteiger partial charge in [0.05, 0.1) is 28.2 Å². The number of carbonyl (C=O) groups excluding carboxylic acids is 2. The third-order valence-electron chi connectivity index (χ3n) is 6.92. The molecule has 1 saturated heterocycles. The second-order valence-electron chi connectivity index (χ2n) is 9.51. The van der Waals surface area contributed by atoms with Gasteiger partial charge in [-0.2, -0.15) is 17.5 Å². The lowest BCUT2D eigenvalue weighted by atomic mass is 9.89. The predicted molar refractivity (Wildman–Crippen MR) is 134 cm³/mol. The van der Waals surface area contributed by atoms with Crippen LogP contribution in [0, 0.1) is 0 Å². The largest absolute Gasteiger partial charge is 0.473 e. The number of aromatic nitrogens is 1. The van der Waals surface area contributed by atoms with Crippen LogP contribution in [0.2, 0.25) is 0 Å². The molecule has 2 heterocycles. The second kappa shape index (κ2) is 10.7. The van der Waals surface area contributed by atoms with Crippen LogP contribution in [0.1, 0.15) is 41.6 Å². The number of likely N-dealkylation sites (tertiary alicyclic amines) is 1. The molecule has 2 N–H and O–H groups in total. The molecule has 0 unspecified atom stereocenters. The Morgan fingerprint density at radius 3 is 2.57 bits per heavy atom. The molecule has 1 aliphatic carbocycles. The lowest BCUT2D eigenvalue weighted by Crippen LogP contribution is -2.63. The highest BCUT2D eigenvalue weighted by molar-refractivity contribution is 7.13. The van der Waals surface area contributed by atoms with Crippen molar-refractivity contribution < 1.29 is 27.5 Å². The molecule has 1 aliphatic heterocycles. The zero-order chi connectivity index (χ0) is 26.0. The molecule has 0 bridgehead atoms. The minimum atomic E-state index is -4.54. The topological polar surface area (TPSA) is 83.6 Å². The van der Waals surface area contributed by atoms with Crippen molar-refractivity contribution in [3.8, 4) is 5.88 Å². The number of nitrogens with zero attached hydrogens (tertiary/aromatic N) is 2. The maximum Gasteiger partial charge on any atom is 0.416 e. The van der Waals surface area contributed by atoms with E-state index in [1.165, 1.54) is 23.7 Å². The van der Waals surface area contributed by atoms with Crippen LogP contribution in [-0.2, 0) is 11.0 Å². The summed E-state index contributed by atoms with van der Waals surface area (Å²) in [6, 6.07) is 12.6. The van der Waals surface area contributed by atoms with Gasteiger partial charge in [-0.25, -0.2) is 0 Å². The van der Waals surface area contributed by atoms with Crippen molar-refractivity contribution in [3.63, 3.8) is 0 Å². The summed E-state index contributed by atoms with van der Waals surface area (Å²) in [6.45, 7) is 1.18. The first-order valence-electron chi connectivity index (χ1n) is 12.3. The van der Waals surface area contributed by atoms with Gasteiger partial charge in [-0.1, -0.05) is 18.2 Å². The fourth-order valence-corrected chi connectivity index (χ4v) is 5.63. The van der Waals surface area contributed by atoms with Crippen LogP contribution in [0.5, 0.6) is 5.88 Å². The minimum Gasteiger partial charge on any atom is -0.473 e. The number of nitrogens with one attached hydrogen (secondary N) is 2. The summed E-state index contributed by atoms with van der Waals surface area (Å²) in [6.07, 6.45) is -0.455. The maximum atomic E-state index is 12.8. The van der Waals surface area contributed by atoms with Crippen LogP contribution in [0.4, 0.5) is 13.2 Å². The lowest BCUT2D eigenvalue weighted by Gasteiger charge is -2.46. The first-order chi connectivity index (χ1) is 17.8. The summed E-state index contributed by atoms with van der Waals surface area (Å²) in [4.78, 5) is 26.7. The highest BCUT2D eigenvalue weighted by atomic mass is 32.1. The summed E-state index contributed by atoms with van der Waals surface area (Å²) in [7, 11) is 0. The van der Waals surface area contributed by atoms with Crippen molar-refractivity contribution in [1.29, 1.82) is 0 Å². The molecule has 2 fully saturated rings. The molecular weight excluding hydrogens is 505 g/mol. The molecule has 7 nitrogen and oxygen atoms in total. The summed E-state index contributed by atoms with van der Waals surface area (Å²) in [5.74, 6) is -0.366. The summed E-state index contributed by atoms with van der Waals surface area (Å²) in [5, 5.41) is 6.32. The molecule has 37 heavy (non-hydrogen) atoms. The average molecular weight is 533 g/mol. The van der Waals surface area contributed by atoms with E-state index in [0.29, 0.717) is 6.04 Å². The monoisotopic (exact) mass is 532 g/mol. The fraction of sp³-hybridized carbons (Fsp3) is 0.423. The van der Waals surface area contributed by atoms with E-state index in [-0.39, 0.29) is 30.2 Å². The Morgan fingerprint density at radius 2 is 1.81 bits per heavy atom. The van der Waals surface area contributed by atoms with Crippen molar-refractivity contribution in [1.82, 2.24) is 19.9 Å². The van der Waals surface area contributed by atoms with Crippen molar-refractivity contribution in [2.45, 2.75) is 50.0 Å². The van der Waals surface area contributed by atoms with Crippen LogP contribution in [-0.4, -0.2) is 58.9 Å². The molecule has 2 aliphatic rings. The van der Waals surface area contributed by atoms with E-state index >= 15 is 0 Å². The van der Waals surface area contributed by atoms with E-state index in [9.17, 15) is 22.8 Å². The zero-order valence-electron chi connectivity index (χ0n) is 20.0. The van der Waals surface area contributed by atoms with Gasteiger partial charge < -0.3 is 15.4 Å². The quantitative estimate of drug-likeness (QED) is 0.476. The molecule has 0 atom stereocenters. The highest BCUT2D eigenvalue weighted by Gasteiger charge is 2.36. The number of amides is 2. The SMILES string of the molecule is O=C(CNC(=O)c1cccc(C(F)(F)F)c1)NC1CN(C2CCC(Oc3nsc4ccccc34)CC2)C1.